The van der Waals surface area contributed by atoms with Gasteiger partial charge in [0.2, 0.25) is 0 Å². The van der Waals surface area contributed by atoms with Crippen molar-refractivity contribution < 1.29 is 14.3 Å². The summed E-state index contributed by atoms with van der Waals surface area (Å²) >= 11 is 0. The highest BCUT2D eigenvalue weighted by Gasteiger charge is 2.17. The highest BCUT2D eigenvalue weighted by molar-refractivity contribution is 5.86. The van der Waals surface area contributed by atoms with Gasteiger partial charge in [0.05, 0.1) is 19.6 Å². The molecule has 2 aromatic rings. The number of fused-ring (bicyclic) bond motifs is 1. The monoisotopic (exact) mass is 314 g/mol. The van der Waals surface area contributed by atoms with Crippen LogP contribution in [0.25, 0.3) is 10.8 Å². The van der Waals surface area contributed by atoms with E-state index in [9.17, 15) is 4.79 Å². The van der Waals surface area contributed by atoms with Crippen LogP contribution in [-0.2, 0) is 9.53 Å². The number of hydrogen-bond donors (Lipinski definition) is 0. The molecule has 0 heterocycles. The van der Waals surface area contributed by atoms with Crippen molar-refractivity contribution in [3.63, 3.8) is 0 Å². The van der Waals surface area contributed by atoms with Gasteiger partial charge in [-0.05, 0) is 41.8 Å². The van der Waals surface area contributed by atoms with Crippen molar-refractivity contribution in [2.45, 2.75) is 45.4 Å². The Kier molecular flexibility index (Phi) is 6.45. The van der Waals surface area contributed by atoms with Crippen molar-refractivity contribution in [1.29, 1.82) is 0 Å². The number of carbonyl (C=O) groups is 1. The Labute approximate surface area is 138 Å². The molecule has 23 heavy (non-hydrogen) atoms. The third-order valence-corrected chi connectivity index (χ3v) is 4.17. The van der Waals surface area contributed by atoms with Gasteiger partial charge in [0.15, 0.2) is 0 Å². The van der Waals surface area contributed by atoms with Crippen LogP contribution in [-0.4, -0.2) is 19.7 Å². The van der Waals surface area contributed by atoms with E-state index >= 15 is 0 Å². The fourth-order valence-corrected chi connectivity index (χ4v) is 2.60. The average molecular weight is 314 g/mol. The van der Waals surface area contributed by atoms with E-state index in [-0.39, 0.29) is 11.9 Å². The van der Waals surface area contributed by atoms with Gasteiger partial charge in [-0.2, -0.15) is 0 Å². The van der Waals surface area contributed by atoms with E-state index in [1.54, 1.807) is 7.11 Å². The topological polar surface area (TPSA) is 35.5 Å². The summed E-state index contributed by atoms with van der Waals surface area (Å²) in [5, 5.41) is 2.21. The first kappa shape index (κ1) is 17.3. The van der Waals surface area contributed by atoms with Crippen molar-refractivity contribution in [2.24, 2.45) is 0 Å². The second kappa shape index (κ2) is 8.56. The van der Waals surface area contributed by atoms with E-state index in [2.05, 4.69) is 13.0 Å². The van der Waals surface area contributed by atoms with Gasteiger partial charge in [-0.1, -0.05) is 50.5 Å². The zero-order chi connectivity index (χ0) is 16.7. The van der Waals surface area contributed by atoms with Crippen molar-refractivity contribution >= 4 is 16.7 Å². The van der Waals surface area contributed by atoms with Gasteiger partial charge in [-0.3, -0.25) is 4.79 Å². The lowest BCUT2D eigenvalue weighted by Gasteiger charge is -2.13. The number of benzene rings is 2. The predicted molar refractivity (Wildman–Crippen MR) is 94.0 cm³/mol. The van der Waals surface area contributed by atoms with Crippen LogP contribution in [0.2, 0.25) is 0 Å². The Hall–Kier alpha value is -2.03. The van der Waals surface area contributed by atoms with Gasteiger partial charge in [-0.15, -0.1) is 0 Å². The Morgan fingerprint density at radius 1 is 1.04 bits per heavy atom. The number of ether oxygens (including phenoxy) is 2. The summed E-state index contributed by atoms with van der Waals surface area (Å²) in [5.41, 5.74) is 0.987. The number of methoxy groups -OCH3 is 1. The molecule has 2 aromatic carbocycles. The second-order valence-electron chi connectivity index (χ2n) is 5.92. The molecule has 0 N–H and O–H groups in total. The minimum absolute atomic E-state index is 0.144. The van der Waals surface area contributed by atoms with Crippen LogP contribution in [0.15, 0.2) is 36.4 Å². The minimum atomic E-state index is -0.243. The molecule has 0 amide bonds. The predicted octanol–water partition coefficient (Wildman–Crippen LogP) is 5.08. The smallest absolute Gasteiger partial charge is 0.313 e. The highest BCUT2D eigenvalue weighted by Crippen LogP contribution is 2.25. The van der Waals surface area contributed by atoms with E-state index in [4.69, 9.17) is 9.47 Å². The second-order valence-corrected chi connectivity index (χ2v) is 5.92. The number of unbranched alkanes of at least 4 members (excludes halogenated alkanes) is 3. The van der Waals surface area contributed by atoms with Gasteiger partial charge in [0.25, 0.3) is 0 Å². The molecule has 0 saturated carbocycles. The number of rotatable bonds is 8. The standard InChI is InChI=1S/C20H26O3/c1-4-5-6-7-12-23-20(21)15(2)16-8-9-18-14-19(22-3)11-10-17(18)13-16/h8-11,13-15H,4-7,12H2,1-3H3/t15-/m0/s1. The Balaban J connectivity index is 1.99. The van der Waals surface area contributed by atoms with E-state index in [1.165, 1.54) is 12.8 Å². The van der Waals surface area contributed by atoms with Crippen LogP contribution < -0.4 is 4.74 Å². The molecule has 0 unspecified atom stereocenters. The molecule has 3 heteroatoms. The molecule has 1 atom stereocenters. The van der Waals surface area contributed by atoms with Gasteiger partial charge < -0.3 is 9.47 Å². The maximum Gasteiger partial charge on any atom is 0.313 e. The Morgan fingerprint density at radius 3 is 2.52 bits per heavy atom. The van der Waals surface area contributed by atoms with Crippen molar-refractivity contribution in [3.8, 4) is 5.75 Å². The van der Waals surface area contributed by atoms with Crippen LogP contribution >= 0.6 is 0 Å². The number of esters is 1. The largest absolute Gasteiger partial charge is 0.497 e. The van der Waals surface area contributed by atoms with E-state index in [0.29, 0.717) is 6.61 Å². The van der Waals surface area contributed by atoms with Crippen LogP contribution in [0.1, 0.15) is 51.0 Å². The highest BCUT2D eigenvalue weighted by atomic mass is 16.5. The lowest BCUT2D eigenvalue weighted by atomic mass is 9.98. The maximum atomic E-state index is 12.2. The lowest BCUT2D eigenvalue weighted by Crippen LogP contribution is -2.14. The molecule has 0 saturated heterocycles. The molecule has 0 aromatic heterocycles. The van der Waals surface area contributed by atoms with Crippen molar-refractivity contribution in [1.82, 2.24) is 0 Å². The Bertz CT molecular complexity index is 648. The molecule has 0 aliphatic carbocycles. The molecule has 0 aliphatic heterocycles. The summed E-state index contributed by atoms with van der Waals surface area (Å²) in [5.74, 6) is 0.451. The van der Waals surface area contributed by atoms with Crippen LogP contribution in [0.4, 0.5) is 0 Å². The van der Waals surface area contributed by atoms with Crippen molar-refractivity contribution in [2.75, 3.05) is 13.7 Å². The number of hydrogen-bond acceptors (Lipinski definition) is 3. The molecule has 0 fully saturated rings. The third kappa shape index (κ3) is 4.72. The maximum absolute atomic E-state index is 12.2. The number of carbonyl (C=O) groups excluding carboxylic acids is 1. The zero-order valence-electron chi connectivity index (χ0n) is 14.3. The third-order valence-electron chi connectivity index (χ3n) is 4.17. The minimum Gasteiger partial charge on any atom is -0.497 e. The van der Waals surface area contributed by atoms with E-state index in [0.717, 1.165) is 34.9 Å². The first-order chi connectivity index (χ1) is 11.2. The van der Waals surface area contributed by atoms with Crippen molar-refractivity contribution in [3.05, 3.63) is 42.0 Å². The first-order valence-corrected chi connectivity index (χ1v) is 8.40. The Morgan fingerprint density at radius 2 is 1.78 bits per heavy atom. The molecule has 124 valence electrons. The van der Waals surface area contributed by atoms with Crippen LogP contribution in [0.5, 0.6) is 5.75 Å². The van der Waals surface area contributed by atoms with Crippen LogP contribution in [0.3, 0.4) is 0 Å². The van der Waals surface area contributed by atoms with Crippen LogP contribution in [0, 0.1) is 0 Å². The summed E-state index contributed by atoms with van der Waals surface area (Å²) in [6, 6.07) is 12.0. The van der Waals surface area contributed by atoms with Gasteiger partial charge >= 0.3 is 5.97 Å². The van der Waals surface area contributed by atoms with Gasteiger partial charge in [0.1, 0.15) is 5.75 Å². The molecule has 0 aliphatic rings. The zero-order valence-corrected chi connectivity index (χ0v) is 14.3. The average Bonchev–Trinajstić information content (AvgIpc) is 2.59. The molecular formula is C20H26O3. The van der Waals surface area contributed by atoms with Gasteiger partial charge in [-0.25, -0.2) is 0 Å². The fourth-order valence-electron chi connectivity index (χ4n) is 2.60. The molecular weight excluding hydrogens is 288 g/mol. The molecule has 0 radical (unpaired) electrons. The lowest BCUT2D eigenvalue weighted by molar-refractivity contribution is -0.145. The quantitative estimate of drug-likeness (QED) is 0.504. The SMILES string of the molecule is CCCCCCOC(=O)[C@@H](C)c1ccc2cc(OC)ccc2c1. The fraction of sp³-hybridized carbons (Fsp3) is 0.450. The normalized spacial score (nSPS) is 12.1. The molecule has 3 nitrogen and oxygen atoms in total. The summed E-state index contributed by atoms with van der Waals surface area (Å²) in [6.45, 7) is 4.59. The molecule has 0 spiro atoms. The summed E-state index contributed by atoms with van der Waals surface area (Å²) < 4.78 is 10.6. The molecule has 2 rings (SSSR count). The summed E-state index contributed by atoms with van der Waals surface area (Å²) in [7, 11) is 1.66. The van der Waals surface area contributed by atoms with Gasteiger partial charge in [0, 0.05) is 0 Å². The summed E-state index contributed by atoms with van der Waals surface area (Å²) in [6.07, 6.45) is 4.45. The van der Waals surface area contributed by atoms with E-state index < -0.39 is 0 Å². The molecule has 0 bridgehead atoms. The summed E-state index contributed by atoms with van der Waals surface area (Å²) in [4.78, 5) is 12.2. The van der Waals surface area contributed by atoms with E-state index in [1.807, 2.05) is 37.3 Å². The first-order valence-electron chi connectivity index (χ1n) is 8.40.